The summed E-state index contributed by atoms with van der Waals surface area (Å²) in [5, 5.41) is 0. The van der Waals surface area contributed by atoms with Crippen LogP contribution in [0.3, 0.4) is 0 Å². The van der Waals surface area contributed by atoms with Gasteiger partial charge in [-0.1, -0.05) is 0 Å². The van der Waals surface area contributed by atoms with Crippen LogP contribution in [0.25, 0.3) is 0 Å². The van der Waals surface area contributed by atoms with E-state index in [1.54, 1.807) is 6.92 Å². The van der Waals surface area contributed by atoms with Crippen LogP contribution in [-0.2, 0) is 20.9 Å². The summed E-state index contributed by atoms with van der Waals surface area (Å²) in [6, 6.07) is 0. The molecule has 0 aliphatic heterocycles. The van der Waals surface area contributed by atoms with E-state index in [0.717, 1.165) is 6.92 Å². The van der Waals surface area contributed by atoms with E-state index in [9.17, 15) is 19.2 Å². The molecule has 0 bridgehead atoms. The Bertz CT molecular complexity index is 568. The van der Waals surface area contributed by atoms with Crippen LogP contribution >= 0.6 is 0 Å². The third-order valence-corrected chi connectivity index (χ3v) is 2.17. The Labute approximate surface area is 108 Å². The Balaban J connectivity index is 3.26. The quantitative estimate of drug-likeness (QED) is 0.776. The van der Waals surface area contributed by atoms with Crippen LogP contribution in [0.4, 0.5) is 0 Å². The molecule has 0 unspecified atom stereocenters. The molecular formula is C11H14N2O6. The van der Waals surface area contributed by atoms with E-state index in [4.69, 9.17) is 9.47 Å². The molecular weight excluding hydrogens is 256 g/mol. The van der Waals surface area contributed by atoms with Gasteiger partial charge in [0.25, 0.3) is 0 Å². The number of carbonyl (C=O) groups excluding carboxylic acids is 3. The minimum absolute atomic E-state index is 0.0221. The topological polar surface area (TPSA) is 107 Å². The van der Waals surface area contributed by atoms with Crippen molar-refractivity contribution in [2.24, 2.45) is 0 Å². The number of carbonyl (C=O) groups is 3. The summed E-state index contributed by atoms with van der Waals surface area (Å²) in [5.41, 5.74) is -1.01. The highest BCUT2D eigenvalue weighted by molar-refractivity contribution is 5.93. The fraction of sp³-hybridized carbons (Fsp3) is 0.455. The maximum atomic E-state index is 11.8. The lowest BCUT2D eigenvalue weighted by Crippen LogP contribution is -2.26. The van der Waals surface area contributed by atoms with Gasteiger partial charge >= 0.3 is 17.6 Å². The van der Waals surface area contributed by atoms with Gasteiger partial charge in [0.1, 0.15) is 6.61 Å². The van der Waals surface area contributed by atoms with Gasteiger partial charge in [0.05, 0.1) is 12.3 Å². The Hall–Kier alpha value is -2.38. The first-order valence-electron chi connectivity index (χ1n) is 5.53. The van der Waals surface area contributed by atoms with Crippen LogP contribution in [-0.4, -0.2) is 34.0 Å². The number of aromatic amines is 1. The molecule has 0 amide bonds. The Morgan fingerprint density at radius 2 is 1.84 bits per heavy atom. The van der Waals surface area contributed by atoms with Gasteiger partial charge in [0, 0.05) is 13.8 Å². The van der Waals surface area contributed by atoms with Gasteiger partial charge in [-0.25, -0.2) is 14.2 Å². The zero-order valence-electron chi connectivity index (χ0n) is 10.8. The van der Waals surface area contributed by atoms with Gasteiger partial charge < -0.3 is 14.5 Å². The molecule has 1 aromatic rings. The van der Waals surface area contributed by atoms with Crippen LogP contribution in [0, 0.1) is 0 Å². The van der Waals surface area contributed by atoms with Crippen molar-refractivity contribution in [2.75, 3.05) is 6.61 Å². The first-order valence-corrected chi connectivity index (χ1v) is 5.53. The first kappa shape index (κ1) is 14.7. The maximum Gasteiger partial charge on any atom is 0.357 e. The molecule has 0 fully saturated rings. The van der Waals surface area contributed by atoms with Gasteiger partial charge in [0.15, 0.2) is 5.69 Å². The highest BCUT2D eigenvalue weighted by Gasteiger charge is 2.24. The molecule has 8 nitrogen and oxygen atoms in total. The smallest absolute Gasteiger partial charge is 0.357 e. The van der Waals surface area contributed by atoms with Crippen molar-refractivity contribution < 1.29 is 23.9 Å². The Morgan fingerprint density at radius 1 is 1.21 bits per heavy atom. The minimum Gasteiger partial charge on any atom is -0.461 e. The number of ether oxygens (including phenoxy) is 2. The van der Waals surface area contributed by atoms with Crippen molar-refractivity contribution in [1.29, 1.82) is 0 Å². The molecule has 0 aliphatic carbocycles. The number of rotatable bonds is 4. The van der Waals surface area contributed by atoms with Crippen molar-refractivity contribution in [1.82, 2.24) is 9.55 Å². The number of esters is 2. The standard InChI is InChI=1S/C11H14N2O6/c1-4-18-10(16)9-8(5-19-7(3)15)12-11(17)13(9)6(2)14/h4-5H2,1-3H3,(H,12,17). The zero-order valence-corrected chi connectivity index (χ0v) is 10.8. The molecule has 0 aromatic carbocycles. The second kappa shape index (κ2) is 5.98. The second-order valence-corrected chi connectivity index (χ2v) is 3.61. The zero-order chi connectivity index (χ0) is 14.6. The number of aromatic nitrogens is 2. The second-order valence-electron chi connectivity index (χ2n) is 3.61. The predicted molar refractivity (Wildman–Crippen MR) is 62.8 cm³/mol. The van der Waals surface area contributed by atoms with Crippen molar-refractivity contribution in [3.8, 4) is 0 Å². The Morgan fingerprint density at radius 3 is 2.32 bits per heavy atom. The molecule has 0 radical (unpaired) electrons. The lowest BCUT2D eigenvalue weighted by molar-refractivity contribution is -0.142. The lowest BCUT2D eigenvalue weighted by Gasteiger charge is -2.06. The van der Waals surface area contributed by atoms with Crippen molar-refractivity contribution in [2.45, 2.75) is 27.4 Å². The summed E-state index contributed by atoms with van der Waals surface area (Å²) in [6.45, 7) is 3.67. The van der Waals surface area contributed by atoms with Crippen LogP contribution in [0.1, 0.15) is 41.7 Å². The Kier molecular flexibility index (Phi) is 4.62. The molecule has 104 valence electrons. The van der Waals surface area contributed by atoms with E-state index in [-0.39, 0.29) is 24.6 Å². The molecule has 0 saturated heterocycles. The fourth-order valence-electron chi connectivity index (χ4n) is 1.47. The number of nitrogens with one attached hydrogen (secondary N) is 1. The van der Waals surface area contributed by atoms with Gasteiger partial charge in [-0.05, 0) is 6.92 Å². The molecule has 0 aliphatic rings. The van der Waals surface area contributed by atoms with E-state index < -0.39 is 23.5 Å². The van der Waals surface area contributed by atoms with Crippen LogP contribution in [0.5, 0.6) is 0 Å². The maximum absolute atomic E-state index is 11.8. The lowest BCUT2D eigenvalue weighted by atomic mass is 10.3. The molecule has 1 aromatic heterocycles. The SMILES string of the molecule is CCOC(=O)c1c(COC(C)=O)[nH]c(=O)n1C(C)=O. The number of imidazole rings is 1. The van der Waals surface area contributed by atoms with Crippen LogP contribution < -0.4 is 5.69 Å². The molecule has 0 atom stereocenters. The summed E-state index contributed by atoms with van der Waals surface area (Å²) in [5.74, 6) is -2.05. The van der Waals surface area contributed by atoms with Crippen LogP contribution in [0.2, 0.25) is 0 Å². The average Bonchev–Trinajstić information content (AvgIpc) is 2.63. The number of H-pyrrole nitrogens is 1. The van der Waals surface area contributed by atoms with Crippen molar-refractivity contribution in [3.63, 3.8) is 0 Å². The predicted octanol–water partition coefficient (Wildman–Crippen LogP) is 0.0763. The summed E-state index contributed by atoms with van der Waals surface area (Å²) >= 11 is 0. The van der Waals surface area contributed by atoms with Gasteiger partial charge in [-0.3, -0.25) is 9.59 Å². The first-order chi connectivity index (χ1) is 8.88. The summed E-state index contributed by atoms with van der Waals surface area (Å²) in [6.07, 6.45) is 0. The third-order valence-electron chi connectivity index (χ3n) is 2.17. The third kappa shape index (κ3) is 3.30. The summed E-state index contributed by atoms with van der Waals surface area (Å²) in [4.78, 5) is 47.8. The highest BCUT2D eigenvalue weighted by atomic mass is 16.5. The summed E-state index contributed by atoms with van der Waals surface area (Å²) in [7, 11) is 0. The summed E-state index contributed by atoms with van der Waals surface area (Å²) < 4.78 is 10.1. The van der Waals surface area contributed by atoms with Gasteiger partial charge in [-0.2, -0.15) is 0 Å². The minimum atomic E-state index is -0.835. The van der Waals surface area contributed by atoms with Crippen molar-refractivity contribution in [3.05, 3.63) is 21.9 Å². The van der Waals surface area contributed by atoms with Gasteiger partial charge in [-0.15, -0.1) is 0 Å². The molecule has 0 spiro atoms. The van der Waals surface area contributed by atoms with E-state index in [1.165, 1.54) is 6.92 Å². The van der Waals surface area contributed by atoms with E-state index in [2.05, 4.69) is 4.98 Å². The molecule has 19 heavy (non-hydrogen) atoms. The average molecular weight is 270 g/mol. The number of hydrogen-bond donors (Lipinski definition) is 1. The normalized spacial score (nSPS) is 10.1. The number of hydrogen-bond acceptors (Lipinski definition) is 6. The van der Waals surface area contributed by atoms with E-state index in [0.29, 0.717) is 4.57 Å². The number of nitrogens with zero attached hydrogens (tertiary/aromatic N) is 1. The molecule has 0 saturated carbocycles. The van der Waals surface area contributed by atoms with E-state index in [1.807, 2.05) is 0 Å². The van der Waals surface area contributed by atoms with Crippen molar-refractivity contribution >= 4 is 17.8 Å². The molecule has 1 rings (SSSR count). The fourth-order valence-corrected chi connectivity index (χ4v) is 1.47. The monoisotopic (exact) mass is 270 g/mol. The highest BCUT2D eigenvalue weighted by Crippen LogP contribution is 2.08. The van der Waals surface area contributed by atoms with Gasteiger partial charge in [0.2, 0.25) is 5.91 Å². The van der Waals surface area contributed by atoms with E-state index >= 15 is 0 Å². The molecule has 1 heterocycles. The molecule has 1 N–H and O–H groups in total. The van der Waals surface area contributed by atoms with Crippen LogP contribution in [0.15, 0.2) is 4.79 Å². The molecule has 8 heteroatoms. The largest absolute Gasteiger partial charge is 0.461 e.